The Morgan fingerprint density at radius 1 is 0.950 bits per heavy atom. The minimum Gasteiger partial charge on any atom is -0.480 e. The summed E-state index contributed by atoms with van der Waals surface area (Å²) in [5.74, 6) is 0.264. The number of rotatable bonds is 7. The minimum atomic E-state index is -0.996. The Bertz CT molecular complexity index is 1560. The Balaban J connectivity index is 1.32. The number of hydrogen-bond acceptors (Lipinski definition) is 8. The number of aromatic nitrogens is 1. The molecule has 204 valence electrons. The third-order valence-corrected chi connectivity index (χ3v) is 6.53. The predicted molar refractivity (Wildman–Crippen MR) is 137 cm³/mol. The van der Waals surface area contributed by atoms with E-state index >= 15 is 0 Å². The fraction of sp³-hybridized carbons (Fsp3) is 0.214. The van der Waals surface area contributed by atoms with Crippen molar-refractivity contribution < 1.29 is 37.7 Å². The van der Waals surface area contributed by atoms with Crippen molar-refractivity contribution in [1.82, 2.24) is 15.6 Å². The van der Waals surface area contributed by atoms with Crippen LogP contribution in [0.5, 0.6) is 17.2 Å². The van der Waals surface area contributed by atoms with Crippen LogP contribution in [0.3, 0.4) is 0 Å². The van der Waals surface area contributed by atoms with Crippen molar-refractivity contribution in [3.63, 3.8) is 0 Å². The molecule has 0 aliphatic carbocycles. The number of nitrogens with one attached hydrogen (secondary N) is 3. The number of carbonyl (C=O) groups excluding carboxylic acids is 3. The number of nitrogens with zero attached hydrogens (tertiary/aromatic N) is 1. The SMILES string of the molecule is O=C1COc2ccc(C3NC(=O)NC(CCc4ccc5c(c4)OCO5)=C3C(=O)OCc3cccc(F)c3)nc2N1. The van der Waals surface area contributed by atoms with Gasteiger partial charge in [0.25, 0.3) is 5.91 Å². The van der Waals surface area contributed by atoms with Gasteiger partial charge >= 0.3 is 12.0 Å². The van der Waals surface area contributed by atoms with Gasteiger partial charge in [-0.15, -0.1) is 0 Å². The summed E-state index contributed by atoms with van der Waals surface area (Å²) in [4.78, 5) is 42.6. The molecular formula is C28H23FN4O7. The molecule has 1 unspecified atom stereocenters. The average molecular weight is 547 g/mol. The topological polar surface area (TPSA) is 137 Å². The van der Waals surface area contributed by atoms with Crippen LogP contribution in [0.1, 0.15) is 29.3 Å². The number of aryl methyl sites for hydroxylation is 1. The van der Waals surface area contributed by atoms with E-state index in [9.17, 15) is 18.8 Å². The standard InChI is InChI=1S/C28H23FN4O7/c29-17-3-1-2-16(10-17)12-38-27(35)24-18(6-4-15-5-8-20-22(11-15)40-14-39-20)31-28(36)33-25(24)19-7-9-21-26(30-19)32-23(34)13-37-21/h1-3,5,7-11,25H,4,6,12-14H2,(H,30,32,34)(H2,31,33,36). The van der Waals surface area contributed by atoms with Crippen molar-refractivity contribution >= 4 is 23.7 Å². The van der Waals surface area contributed by atoms with Crippen LogP contribution in [0, 0.1) is 5.82 Å². The fourth-order valence-electron chi connectivity index (χ4n) is 4.64. The van der Waals surface area contributed by atoms with Gasteiger partial charge in [0.1, 0.15) is 18.5 Å². The molecule has 12 heteroatoms. The van der Waals surface area contributed by atoms with Gasteiger partial charge in [-0.3, -0.25) is 4.79 Å². The van der Waals surface area contributed by atoms with E-state index in [0.717, 1.165) is 5.56 Å². The Morgan fingerprint density at radius 3 is 2.67 bits per heavy atom. The summed E-state index contributed by atoms with van der Waals surface area (Å²) in [5.41, 5.74) is 2.13. The molecule has 3 aromatic rings. The summed E-state index contributed by atoms with van der Waals surface area (Å²) in [7, 11) is 0. The molecule has 3 N–H and O–H groups in total. The molecule has 0 spiro atoms. The number of pyridine rings is 1. The van der Waals surface area contributed by atoms with Crippen LogP contribution in [0.2, 0.25) is 0 Å². The molecule has 40 heavy (non-hydrogen) atoms. The summed E-state index contributed by atoms with van der Waals surface area (Å²) in [6.07, 6.45) is 0.736. The van der Waals surface area contributed by atoms with Gasteiger partial charge in [-0.2, -0.15) is 0 Å². The Morgan fingerprint density at radius 2 is 1.80 bits per heavy atom. The molecule has 2 aromatic carbocycles. The van der Waals surface area contributed by atoms with Crippen LogP contribution in [0.4, 0.5) is 15.0 Å². The maximum atomic E-state index is 13.7. The lowest BCUT2D eigenvalue weighted by Gasteiger charge is -2.29. The molecule has 6 rings (SSSR count). The molecule has 3 aliphatic heterocycles. The zero-order valence-corrected chi connectivity index (χ0v) is 21.0. The number of esters is 1. The average Bonchev–Trinajstić information content (AvgIpc) is 3.42. The number of fused-ring (bicyclic) bond motifs is 2. The fourth-order valence-corrected chi connectivity index (χ4v) is 4.64. The van der Waals surface area contributed by atoms with Crippen LogP contribution < -0.4 is 30.2 Å². The van der Waals surface area contributed by atoms with Crippen LogP contribution in [0.25, 0.3) is 0 Å². The lowest BCUT2D eigenvalue weighted by molar-refractivity contribution is -0.140. The summed E-state index contributed by atoms with van der Waals surface area (Å²) in [6.45, 7) is -0.175. The van der Waals surface area contributed by atoms with Gasteiger partial charge in [0, 0.05) is 5.70 Å². The van der Waals surface area contributed by atoms with Crippen LogP contribution in [-0.4, -0.2) is 36.3 Å². The maximum Gasteiger partial charge on any atom is 0.338 e. The predicted octanol–water partition coefficient (Wildman–Crippen LogP) is 3.26. The zero-order valence-electron chi connectivity index (χ0n) is 21.0. The van der Waals surface area contributed by atoms with Gasteiger partial charge in [-0.25, -0.2) is 19.0 Å². The van der Waals surface area contributed by atoms with E-state index in [1.807, 2.05) is 12.1 Å². The minimum absolute atomic E-state index is 0.132. The van der Waals surface area contributed by atoms with Gasteiger partial charge in [0.2, 0.25) is 6.79 Å². The first-order valence-electron chi connectivity index (χ1n) is 12.5. The second-order valence-electron chi connectivity index (χ2n) is 9.24. The summed E-state index contributed by atoms with van der Waals surface area (Å²) in [6, 6.07) is 12.9. The molecule has 0 saturated carbocycles. The number of benzene rings is 2. The van der Waals surface area contributed by atoms with Gasteiger partial charge in [0.05, 0.1) is 11.3 Å². The number of allylic oxidation sites excluding steroid dienone is 1. The van der Waals surface area contributed by atoms with Crippen molar-refractivity contribution in [1.29, 1.82) is 0 Å². The van der Waals surface area contributed by atoms with E-state index in [1.165, 1.54) is 18.2 Å². The van der Waals surface area contributed by atoms with E-state index in [0.29, 0.717) is 34.9 Å². The van der Waals surface area contributed by atoms with Crippen molar-refractivity contribution in [2.45, 2.75) is 25.5 Å². The molecule has 11 nitrogen and oxygen atoms in total. The third-order valence-electron chi connectivity index (χ3n) is 6.53. The lowest BCUT2D eigenvalue weighted by Crippen LogP contribution is -2.46. The summed E-state index contributed by atoms with van der Waals surface area (Å²) >= 11 is 0. The lowest BCUT2D eigenvalue weighted by atomic mass is 9.95. The highest BCUT2D eigenvalue weighted by Gasteiger charge is 2.35. The van der Waals surface area contributed by atoms with Gasteiger partial charge in [-0.05, 0) is 60.4 Å². The Labute approximate surface area is 227 Å². The molecule has 1 atom stereocenters. The Hall–Kier alpha value is -5.13. The van der Waals surface area contributed by atoms with Gasteiger partial charge < -0.3 is 34.9 Å². The largest absolute Gasteiger partial charge is 0.480 e. The van der Waals surface area contributed by atoms with Crippen molar-refractivity contribution in [3.8, 4) is 17.2 Å². The molecular weight excluding hydrogens is 523 g/mol. The molecule has 0 radical (unpaired) electrons. The molecule has 3 amide bonds. The van der Waals surface area contributed by atoms with E-state index in [2.05, 4.69) is 20.9 Å². The first-order valence-corrected chi connectivity index (χ1v) is 12.5. The van der Waals surface area contributed by atoms with E-state index < -0.39 is 23.9 Å². The highest BCUT2D eigenvalue weighted by atomic mass is 19.1. The van der Waals surface area contributed by atoms with E-state index in [4.69, 9.17) is 18.9 Å². The van der Waals surface area contributed by atoms with Crippen LogP contribution >= 0.6 is 0 Å². The first-order chi connectivity index (χ1) is 19.4. The van der Waals surface area contributed by atoms with Crippen molar-refractivity contribution in [2.24, 2.45) is 0 Å². The number of amides is 3. The van der Waals surface area contributed by atoms with Crippen LogP contribution in [0.15, 0.2) is 65.9 Å². The highest BCUT2D eigenvalue weighted by molar-refractivity contribution is 5.96. The van der Waals surface area contributed by atoms with Crippen LogP contribution in [-0.2, 0) is 27.4 Å². The van der Waals surface area contributed by atoms with Gasteiger partial charge in [-0.1, -0.05) is 18.2 Å². The van der Waals surface area contributed by atoms with Gasteiger partial charge in [0.15, 0.2) is 29.7 Å². The molecule has 0 fully saturated rings. The number of carbonyl (C=O) groups is 3. The molecule has 0 saturated heterocycles. The summed E-state index contributed by atoms with van der Waals surface area (Å²) in [5, 5.41) is 8.10. The quantitative estimate of drug-likeness (QED) is 0.384. The molecule has 4 heterocycles. The van der Waals surface area contributed by atoms with Crippen molar-refractivity contribution in [3.05, 3.63) is 88.5 Å². The Kier molecular flexibility index (Phi) is 6.64. The first kappa shape index (κ1) is 25.2. The monoisotopic (exact) mass is 546 g/mol. The maximum absolute atomic E-state index is 13.7. The number of ether oxygens (including phenoxy) is 4. The third kappa shape index (κ3) is 5.23. The van der Waals surface area contributed by atoms with E-state index in [-0.39, 0.29) is 49.4 Å². The van der Waals surface area contributed by atoms with Crippen molar-refractivity contribution in [2.75, 3.05) is 18.7 Å². The van der Waals surface area contributed by atoms with E-state index in [1.54, 1.807) is 24.3 Å². The molecule has 0 bridgehead atoms. The normalized spacial score (nSPS) is 17.3. The number of anilines is 1. The number of halogens is 1. The number of urea groups is 1. The second kappa shape index (κ2) is 10.6. The number of hydrogen-bond donors (Lipinski definition) is 3. The second-order valence-corrected chi connectivity index (χ2v) is 9.24. The molecule has 1 aromatic heterocycles. The zero-order chi connectivity index (χ0) is 27.6. The molecule has 3 aliphatic rings. The summed E-state index contributed by atoms with van der Waals surface area (Å²) < 4.78 is 35.4. The smallest absolute Gasteiger partial charge is 0.338 e. The highest BCUT2D eigenvalue weighted by Crippen LogP contribution is 2.35.